The molecule has 0 bridgehead atoms. The zero-order valence-electron chi connectivity index (χ0n) is 12.5. The number of thiocarbonyl (C=S) groups is 1. The third kappa shape index (κ3) is 4.40. The van der Waals surface area contributed by atoms with Crippen molar-refractivity contribution in [1.82, 2.24) is 19.9 Å². The number of rotatable bonds is 6. The molecule has 0 unspecified atom stereocenters. The summed E-state index contributed by atoms with van der Waals surface area (Å²) in [6.07, 6.45) is 9.63. The smallest absolute Gasteiger partial charge is 0.181 e. The van der Waals surface area contributed by atoms with Crippen LogP contribution >= 0.6 is 12.2 Å². The highest BCUT2D eigenvalue weighted by atomic mass is 32.1. The Morgan fingerprint density at radius 3 is 2.78 bits per heavy atom. The number of benzene rings is 1. The summed E-state index contributed by atoms with van der Waals surface area (Å²) in [7, 11) is 0. The second-order valence-corrected chi connectivity index (χ2v) is 5.39. The highest BCUT2D eigenvalue weighted by Crippen LogP contribution is 2.20. The highest BCUT2D eigenvalue weighted by molar-refractivity contribution is 7.80. The number of nitrogens with zero attached hydrogens (tertiary/aromatic N) is 3. The van der Waals surface area contributed by atoms with Gasteiger partial charge in [0.1, 0.15) is 0 Å². The lowest BCUT2D eigenvalue weighted by Gasteiger charge is -2.11. The minimum atomic E-state index is 0.614. The standard InChI is InChI=1S/C16H17N5OS/c23-16(19-6-1-8-21-9-7-17-11-21)20-14-4-2-13(3-5-14)15-10-18-12-22-15/h2-5,7,9-12H,1,6,8H2,(H2,19,20,23). The maximum Gasteiger partial charge on any atom is 0.181 e. The molecule has 0 amide bonds. The Balaban J connectivity index is 1.42. The monoisotopic (exact) mass is 327 g/mol. The first-order chi connectivity index (χ1) is 11.3. The molecule has 0 radical (unpaired) electrons. The minimum absolute atomic E-state index is 0.614. The van der Waals surface area contributed by atoms with Gasteiger partial charge in [-0.2, -0.15) is 0 Å². The zero-order chi connectivity index (χ0) is 15.9. The van der Waals surface area contributed by atoms with Crippen molar-refractivity contribution in [1.29, 1.82) is 0 Å². The molecule has 0 aliphatic carbocycles. The Kier molecular flexibility index (Phi) is 5.00. The molecule has 0 saturated carbocycles. The summed E-state index contributed by atoms with van der Waals surface area (Å²) in [6, 6.07) is 7.84. The van der Waals surface area contributed by atoms with Crippen LogP contribution in [-0.4, -0.2) is 26.2 Å². The van der Waals surface area contributed by atoms with Crippen molar-refractivity contribution < 1.29 is 4.42 Å². The summed E-state index contributed by atoms with van der Waals surface area (Å²) in [5.74, 6) is 0.747. The van der Waals surface area contributed by atoms with Crippen LogP contribution in [0.3, 0.4) is 0 Å². The number of hydrogen-bond donors (Lipinski definition) is 2. The van der Waals surface area contributed by atoms with Gasteiger partial charge < -0.3 is 19.6 Å². The molecule has 0 atom stereocenters. The van der Waals surface area contributed by atoms with Gasteiger partial charge in [-0.05, 0) is 42.9 Å². The second kappa shape index (κ2) is 7.55. The normalized spacial score (nSPS) is 10.4. The average molecular weight is 327 g/mol. The minimum Gasteiger partial charge on any atom is -0.444 e. The van der Waals surface area contributed by atoms with Gasteiger partial charge in [-0.3, -0.25) is 0 Å². The predicted molar refractivity (Wildman–Crippen MR) is 93.0 cm³/mol. The predicted octanol–water partition coefficient (Wildman–Crippen LogP) is 2.91. The first-order valence-electron chi connectivity index (χ1n) is 7.31. The van der Waals surface area contributed by atoms with E-state index in [-0.39, 0.29) is 0 Å². The third-order valence-corrected chi connectivity index (χ3v) is 3.54. The molecule has 7 heteroatoms. The van der Waals surface area contributed by atoms with Gasteiger partial charge in [0.25, 0.3) is 0 Å². The summed E-state index contributed by atoms with van der Waals surface area (Å²) in [4.78, 5) is 7.92. The van der Waals surface area contributed by atoms with Gasteiger partial charge >= 0.3 is 0 Å². The van der Waals surface area contributed by atoms with E-state index >= 15 is 0 Å². The fourth-order valence-electron chi connectivity index (χ4n) is 2.13. The van der Waals surface area contributed by atoms with E-state index in [1.54, 1.807) is 12.4 Å². The molecule has 3 aromatic rings. The average Bonchev–Trinajstić information content (AvgIpc) is 3.26. The van der Waals surface area contributed by atoms with Gasteiger partial charge in [-0.1, -0.05) is 0 Å². The van der Waals surface area contributed by atoms with Crippen molar-refractivity contribution in [2.75, 3.05) is 11.9 Å². The summed E-state index contributed by atoms with van der Waals surface area (Å²) >= 11 is 5.29. The van der Waals surface area contributed by atoms with E-state index in [1.165, 1.54) is 6.39 Å². The molecule has 2 heterocycles. The van der Waals surface area contributed by atoms with Crippen molar-refractivity contribution in [3.05, 3.63) is 55.6 Å². The first kappa shape index (κ1) is 15.2. The lowest BCUT2D eigenvalue weighted by Crippen LogP contribution is -2.29. The molecule has 1 aromatic carbocycles. The topological polar surface area (TPSA) is 67.9 Å². The molecule has 2 aromatic heterocycles. The second-order valence-electron chi connectivity index (χ2n) is 4.98. The SMILES string of the molecule is S=C(NCCCn1ccnc1)Nc1ccc(-c2cnco2)cc1. The maximum absolute atomic E-state index is 5.29. The van der Waals surface area contributed by atoms with Crippen LogP contribution in [0, 0.1) is 0 Å². The van der Waals surface area contributed by atoms with Crippen molar-refractivity contribution in [3.63, 3.8) is 0 Å². The first-order valence-corrected chi connectivity index (χ1v) is 7.71. The largest absolute Gasteiger partial charge is 0.444 e. The van der Waals surface area contributed by atoms with Crippen LogP contribution in [0.4, 0.5) is 5.69 Å². The van der Waals surface area contributed by atoms with Gasteiger partial charge in [0.2, 0.25) is 0 Å². The Morgan fingerprint density at radius 2 is 2.09 bits per heavy atom. The number of hydrogen-bond acceptors (Lipinski definition) is 4. The molecule has 23 heavy (non-hydrogen) atoms. The van der Waals surface area contributed by atoms with Crippen LogP contribution in [0.15, 0.2) is 60.0 Å². The number of imidazole rings is 1. The number of aryl methyl sites for hydroxylation is 1. The van der Waals surface area contributed by atoms with E-state index in [9.17, 15) is 0 Å². The Bertz CT molecular complexity index is 722. The molecule has 0 aliphatic heterocycles. The van der Waals surface area contributed by atoms with Crippen molar-refractivity contribution in [2.24, 2.45) is 0 Å². The lowest BCUT2D eigenvalue weighted by atomic mass is 10.2. The molecule has 118 valence electrons. The Morgan fingerprint density at radius 1 is 1.22 bits per heavy atom. The molecule has 0 saturated heterocycles. The lowest BCUT2D eigenvalue weighted by molar-refractivity contribution is 0.572. The molecular formula is C16H17N5OS. The van der Waals surface area contributed by atoms with Crippen LogP contribution in [0.2, 0.25) is 0 Å². The molecule has 3 rings (SSSR count). The fourth-order valence-corrected chi connectivity index (χ4v) is 2.35. The van der Waals surface area contributed by atoms with E-state index in [0.717, 1.165) is 36.5 Å². The van der Waals surface area contributed by atoms with E-state index in [2.05, 4.69) is 20.6 Å². The van der Waals surface area contributed by atoms with E-state index in [0.29, 0.717) is 5.11 Å². The summed E-state index contributed by atoms with van der Waals surface area (Å²) in [6.45, 7) is 1.72. The van der Waals surface area contributed by atoms with E-state index < -0.39 is 0 Å². The van der Waals surface area contributed by atoms with Crippen LogP contribution in [0.5, 0.6) is 0 Å². The number of aromatic nitrogens is 3. The quantitative estimate of drug-likeness (QED) is 0.536. The molecular weight excluding hydrogens is 310 g/mol. The molecule has 6 nitrogen and oxygen atoms in total. The van der Waals surface area contributed by atoms with Crippen molar-refractivity contribution in [2.45, 2.75) is 13.0 Å². The number of nitrogens with one attached hydrogen (secondary N) is 2. The summed E-state index contributed by atoms with van der Waals surface area (Å²) in [5.41, 5.74) is 1.91. The maximum atomic E-state index is 5.29. The number of anilines is 1. The van der Waals surface area contributed by atoms with Crippen LogP contribution in [0.1, 0.15) is 6.42 Å². The zero-order valence-corrected chi connectivity index (χ0v) is 13.3. The van der Waals surface area contributed by atoms with Gasteiger partial charge in [-0.25, -0.2) is 9.97 Å². The summed E-state index contributed by atoms with van der Waals surface area (Å²) in [5, 5.41) is 6.97. The van der Waals surface area contributed by atoms with Gasteiger partial charge in [-0.15, -0.1) is 0 Å². The fraction of sp³-hybridized carbons (Fsp3) is 0.188. The molecule has 0 aliphatic rings. The van der Waals surface area contributed by atoms with Crippen LogP contribution in [-0.2, 0) is 6.54 Å². The summed E-state index contributed by atoms with van der Waals surface area (Å²) < 4.78 is 7.30. The van der Waals surface area contributed by atoms with Gasteiger partial charge in [0, 0.05) is 36.7 Å². The third-order valence-electron chi connectivity index (χ3n) is 3.30. The van der Waals surface area contributed by atoms with Gasteiger partial charge in [0.05, 0.1) is 12.5 Å². The van der Waals surface area contributed by atoms with Gasteiger partial charge in [0.15, 0.2) is 17.3 Å². The Hall–Kier alpha value is -2.67. The molecule has 0 spiro atoms. The van der Waals surface area contributed by atoms with Crippen molar-refractivity contribution >= 4 is 23.0 Å². The Labute approximate surface area is 139 Å². The number of oxazole rings is 1. The van der Waals surface area contributed by atoms with Crippen LogP contribution < -0.4 is 10.6 Å². The molecule has 0 fully saturated rings. The molecule has 2 N–H and O–H groups in total. The van der Waals surface area contributed by atoms with E-state index in [1.807, 2.05) is 41.4 Å². The van der Waals surface area contributed by atoms with E-state index in [4.69, 9.17) is 16.6 Å². The van der Waals surface area contributed by atoms with Crippen LogP contribution in [0.25, 0.3) is 11.3 Å². The van der Waals surface area contributed by atoms with Crippen molar-refractivity contribution in [3.8, 4) is 11.3 Å². The highest BCUT2D eigenvalue weighted by Gasteiger charge is 2.02.